The van der Waals surface area contributed by atoms with Gasteiger partial charge in [-0.05, 0) is 6.42 Å². The maximum absolute atomic E-state index is 4.74. The number of allylic oxidation sites excluding steroid dienone is 1. The van der Waals surface area contributed by atoms with Crippen molar-refractivity contribution in [2.75, 3.05) is 6.54 Å². The van der Waals surface area contributed by atoms with Gasteiger partial charge in [-0.15, -0.1) is 12.4 Å². The zero-order valence-corrected chi connectivity index (χ0v) is 11.4. The van der Waals surface area contributed by atoms with E-state index in [1.54, 1.807) is 0 Å². The standard InChI is InChI=1S/C13H15N5.ClH/c1-8-4-9-5-15-16-12(9)13-10-6-14-3-2-11(10)17-18(13)7-8;/h5,14H,1-4,6-7H2,(H,15,16);1H. The number of nitrogens with zero attached hydrogens (tertiary/aromatic N) is 3. The Morgan fingerprint density at radius 3 is 3.16 bits per heavy atom. The molecule has 2 aliphatic rings. The molecule has 2 aromatic heterocycles. The maximum atomic E-state index is 4.74. The van der Waals surface area contributed by atoms with Crippen LogP contribution in [0.4, 0.5) is 0 Å². The molecular weight excluding hydrogens is 262 g/mol. The van der Waals surface area contributed by atoms with E-state index in [1.807, 2.05) is 6.20 Å². The van der Waals surface area contributed by atoms with Crippen LogP contribution in [0.25, 0.3) is 11.4 Å². The molecule has 0 radical (unpaired) electrons. The van der Waals surface area contributed by atoms with Gasteiger partial charge in [0.1, 0.15) is 5.69 Å². The Labute approximate surface area is 117 Å². The van der Waals surface area contributed by atoms with Crippen LogP contribution < -0.4 is 5.32 Å². The summed E-state index contributed by atoms with van der Waals surface area (Å²) in [4.78, 5) is 0. The molecule has 0 bridgehead atoms. The normalized spacial score (nSPS) is 16.9. The largest absolute Gasteiger partial charge is 0.312 e. The van der Waals surface area contributed by atoms with Crippen molar-refractivity contribution in [2.45, 2.75) is 25.9 Å². The second-order valence-electron chi connectivity index (χ2n) is 5.04. The quantitative estimate of drug-likeness (QED) is 0.717. The van der Waals surface area contributed by atoms with Crippen LogP contribution in [-0.4, -0.2) is 26.5 Å². The molecule has 2 aromatic rings. The van der Waals surface area contributed by atoms with E-state index >= 15 is 0 Å². The summed E-state index contributed by atoms with van der Waals surface area (Å²) in [6.07, 6.45) is 3.87. The summed E-state index contributed by atoms with van der Waals surface area (Å²) in [6, 6.07) is 0. The minimum Gasteiger partial charge on any atom is -0.312 e. The van der Waals surface area contributed by atoms with Crippen LogP contribution in [0, 0.1) is 0 Å². The SMILES string of the molecule is C=C1Cc2c[nH]nc2-c2c3c(nn2C1)CCNC3.Cl. The molecule has 0 aromatic carbocycles. The Bertz CT molecular complexity index is 639. The highest BCUT2D eigenvalue weighted by Gasteiger charge is 2.27. The van der Waals surface area contributed by atoms with E-state index in [2.05, 4.69) is 26.8 Å². The van der Waals surface area contributed by atoms with Crippen molar-refractivity contribution in [3.05, 3.63) is 35.2 Å². The fourth-order valence-electron chi connectivity index (χ4n) is 2.93. The van der Waals surface area contributed by atoms with Crippen LogP contribution in [0.5, 0.6) is 0 Å². The molecule has 0 unspecified atom stereocenters. The summed E-state index contributed by atoms with van der Waals surface area (Å²) in [5.41, 5.74) is 7.16. The molecule has 0 saturated carbocycles. The van der Waals surface area contributed by atoms with Crippen LogP contribution in [-0.2, 0) is 25.9 Å². The van der Waals surface area contributed by atoms with Crippen molar-refractivity contribution >= 4 is 12.4 Å². The molecule has 4 heterocycles. The van der Waals surface area contributed by atoms with E-state index < -0.39 is 0 Å². The number of hydrogen-bond acceptors (Lipinski definition) is 3. The van der Waals surface area contributed by atoms with Crippen LogP contribution >= 0.6 is 12.4 Å². The van der Waals surface area contributed by atoms with Crippen LogP contribution in [0.3, 0.4) is 0 Å². The molecule has 0 fully saturated rings. The minimum atomic E-state index is 0. The molecule has 2 aliphatic heterocycles. The highest BCUT2D eigenvalue weighted by molar-refractivity contribution is 5.85. The Morgan fingerprint density at radius 1 is 1.37 bits per heavy atom. The van der Waals surface area contributed by atoms with Gasteiger partial charge in [0.05, 0.1) is 17.9 Å². The third kappa shape index (κ3) is 1.81. The average molecular weight is 278 g/mol. The number of aromatic amines is 1. The highest BCUT2D eigenvalue weighted by Crippen LogP contribution is 2.33. The van der Waals surface area contributed by atoms with Gasteiger partial charge >= 0.3 is 0 Å². The molecule has 0 saturated heterocycles. The fraction of sp³-hybridized carbons (Fsp3) is 0.385. The van der Waals surface area contributed by atoms with Crippen molar-refractivity contribution in [1.82, 2.24) is 25.3 Å². The van der Waals surface area contributed by atoms with Crippen molar-refractivity contribution in [3.8, 4) is 11.4 Å². The number of hydrogen-bond donors (Lipinski definition) is 2. The number of halogens is 1. The van der Waals surface area contributed by atoms with E-state index in [4.69, 9.17) is 5.10 Å². The second-order valence-corrected chi connectivity index (χ2v) is 5.04. The monoisotopic (exact) mass is 277 g/mol. The number of H-pyrrole nitrogens is 1. The van der Waals surface area contributed by atoms with Crippen LogP contribution in [0.2, 0.25) is 0 Å². The zero-order valence-electron chi connectivity index (χ0n) is 10.6. The summed E-state index contributed by atoms with van der Waals surface area (Å²) in [5, 5.41) is 15.6. The molecule has 0 aliphatic carbocycles. The number of nitrogens with one attached hydrogen (secondary N) is 2. The third-order valence-corrected chi connectivity index (χ3v) is 3.73. The second kappa shape index (κ2) is 4.51. The Hall–Kier alpha value is -1.59. The molecule has 0 amide bonds. The molecule has 2 N–H and O–H groups in total. The van der Waals surface area contributed by atoms with E-state index in [9.17, 15) is 0 Å². The molecule has 4 rings (SSSR count). The van der Waals surface area contributed by atoms with Gasteiger partial charge in [0.25, 0.3) is 0 Å². The summed E-state index contributed by atoms with van der Waals surface area (Å²) >= 11 is 0. The van der Waals surface area contributed by atoms with Gasteiger partial charge in [0, 0.05) is 36.8 Å². The first-order valence-electron chi connectivity index (χ1n) is 6.32. The number of aromatic nitrogens is 4. The van der Waals surface area contributed by atoms with E-state index in [0.29, 0.717) is 0 Å². The van der Waals surface area contributed by atoms with Gasteiger partial charge in [-0.1, -0.05) is 12.2 Å². The zero-order chi connectivity index (χ0) is 12.1. The van der Waals surface area contributed by atoms with Crippen molar-refractivity contribution in [2.24, 2.45) is 0 Å². The predicted molar refractivity (Wildman–Crippen MR) is 75.3 cm³/mol. The smallest absolute Gasteiger partial charge is 0.114 e. The minimum absolute atomic E-state index is 0. The van der Waals surface area contributed by atoms with Crippen LogP contribution in [0.1, 0.15) is 16.8 Å². The lowest BCUT2D eigenvalue weighted by Gasteiger charge is -2.12. The van der Waals surface area contributed by atoms with Gasteiger partial charge < -0.3 is 5.32 Å². The maximum Gasteiger partial charge on any atom is 0.114 e. The van der Waals surface area contributed by atoms with Gasteiger partial charge in [0.2, 0.25) is 0 Å². The van der Waals surface area contributed by atoms with E-state index in [0.717, 1.165) is 38.2 Å². The van der Waals surface area contributed by atoms with Gasteiger partial charge in [-0.25, -0.2) is 0 Å². The summed E-state index contributed by atoms with van der Waals surface area (Å²) < 4.78 is 2.08. The molecule has 0 atom stereocenters. The van der Waals surface area contributed by atoms with E-state index in [1.165, 1.54) is 28.1 Å². The average Bonchev–Trinajstić information content (AvgIpc) is 2.90. The lowest BCUT2D eigenvalue weighted by Crippen LogP contribution is -2.23. The first-order valence-corrected chi connectivity index (χ1v) is 6.32. The molecule has 0 spiro atoms. The highest BCUT2D eigenvalue weighted by atomic mass is 35.5. The summed E-state index contributed by atoms with van der Waals surface area (Å²) in [7, 11) is 0. The third-order valence-electron chi connectivity index (χ3n) is 3.73. The summed E-state index contributed by atoms with van der Waals surface area (Å²) in [5.74, 6) is 0. The van der Waals surface area contributed by atoms with Gasteiger partial charge in [-0.2, -0.15) is 10.2 Å². The first-order chi connectivity index (χ1) is 8.83. The number of rotatable bonds is 0. The molecular formula is C13H16ClN5. The van der Waals surface area contributed by atoms with Gasteiger partial charge in [0.15, 0.2) is 0 Å². The predicted octanol–water partition coefficient (Wildman–Crippen LogP) is 1.45. The Balaban J connectivity index is 0.00000110. The summed E-state index contributed by atoms with van der Waals surface area (Å²) in [6.45, 7) is 6.85. The lowest BCUT2D eigenvalue weighted by atomic mass is 10.0. The fourth-order valence-corrected chi connectivity index (χ4v) is 2.93. The van der Waals surface area contributed by atoms with Crippen molar-refractivity contribution < 1.29 is 0 Å². The molecule has 5 nitrogen and oxygen atoms in total. The lowest BCUT2D eigenvalue weighted by molar-refractivity contribution is 0.624. The van der Waals surface area contributed by atoms with Gasteiger partial charge in [-0.3, -0.25) is 9.78 Å². The van der Waals surface area contributed by atoms with E-state index in [-0.39, 0.29) is 12.4 Å². The first kappa shape index (κ1) is 12.4. The van der Waals surface area contributed by atoms with Crippen molar-refractivity contribution in [1.29, 1.82) is 0 Å². The molecule has 100 valence electrons. The van der Waals surface area contributed by atoms with Crippen molar-refractivity contribution in [3.63, 3.8) is 0 Å². The number of fused-ring (bicyclic) bond motifs is 5. The topological polar surface area (TPSA) is 58.5 Å². The molecule has 19 heavy (non-hydrogen) atoms. The Kier molecular flexibility index (Phi) is 2.95. The molecule has 6 heteroatoms. The van der Waals surface area contributed by atoms with Crippen LogP contribution in [0.15, 0.2) is 18.3 Å². The Morgan fingerprint density at radius 2 is 2.26 bits per heavy atom.